The monoisotopic (exact) mass is 297 g/mol. The van der Waals surface area contributed by atoms with Crippen LogP contribution < -0.4 is 15.2 Å². The van der Waals surface area contributed by atoms with Gasteiger partial charge in [-0.15, -0.1) is 0 Å². The van der Waals surface area contributed by atoms with Gasteiger partial charge in [-0.25, -0.2) is 0 Å². The van der Waals surface area contributed by atoms with Crippen molar-refractivity contribution in [2.45, 2.75) is 6.92 Å². The fourth-order valence-electron chi connectivity index (χ4n) is 1.58. The Balaban J connectivity index is 2.25. The van der Waals surface area contributed by atoms with Gasteiger partial charge in [0.2, 0.25) is 0 Å². The van der Waals surface area contributed by atoms with Gasteiger partial charge in [-0.1, -0.05) is 23.2 Å². The van der Waals surface area contributed by atoms with Crippen molar-refractivity contribution in [2.24, 2.45) is 0 Å². The first-order valence-electron chi connectivity index (χ1n) is 5.74. The van der Waals surface area contributed by atoms with Crippen LogP contribution in [-0.2, 0) is 0 Å². The lowest BCUT2D eigenvalue weighted by Crippen LogP contribution is -1.97. The molecule has 0 spiro atoms. The second-order valence-corrected chi connectivity index (χ2v) is 4.71. The van der Waals surface area contributed by atoms with Gasteiger partial charge in [-0.05, 0) is 37.3 Å². The Morgan fingerprint density at radius 3 is 2.32 bits per heavy atom. The Kier molecular flexibility index (Phi) is 4.40. The first-order valence-corrected chi connectivity index (χ1v) is 6.50. The Morgan fingerprint density at radius 1 is 1.00 bits per heavy atom. The molecule has 100 valence electrons. The van der Waals surface area contributed by atoms with Crippen LogP contribution in [0.1, 0.15) is 6.92 Å². The summed E-state index contributed by atoms with van der Waals surface area (Å²) in [4.78, 5) is 0. The standard InChI is InChI=1S/C14H13Cl2NO2/c1-2-18-14-8-11(3-4-13(14)17)19-12-6-9(15)5-10(16)7-12/h3-8H,2,17H2,1H3. The third-order valence-corrected chi connectivity index (χ3v) is 2.79. The van der Waals surface area contributed by atoms with E-state index in [0.717, 1.165) is 0 Å². The van der Waals surface area contributed by atoms with Crippen molar-refractivity contribution in [3.63, 3.8) is 0 Å². The normalized spacial score (nSPS) is 10.3. The zero-order chi connectivity index (χ0) is 13.8. The molecule has 0 saturated carbocycles. The molecule has 0 saturated heterocycles. The third-order valence-electron chi connectivity index (χ3n) is 2.36. The molecule has 2 aromatic rings. The lowest BCUT2D eigenvalue weighted by Gasteiger charge is -2.10. The number of ether oxygens (including phenoxy) is 2. The summed E-state index contributed by atoms with van der Waals surface area (Å²) in [6, 6.07) is 10.2. The van der Waals surface area contributed by atoms with Crippen LogP contribution in [0, 0.1) is 0 Å². The maximum Gasteiger partial charge on any atom is 0.145 e. The van der Waals surface area contributed by atoms with E-state index in [4.69, 9.17) is 38.4 Å². The Morgan fingerprint density at radius 2 is 1.68 bits per heavy atom. The second kappa shape index (κ2) is 6.04. The first kappa shape index (κ1) is 13.8. The van der Waals surface area contributed by atoms with Gasteiger partial charge in [0, 0.05) is 16.1 Å². The van der Waals surface area contributed by atoms with E-state index < -0.39 is 0 Å². The van der Waals surface area contributed by atoms with Gasteiger partial charge in [0.05, 0.1) is 12.3 Å². The van der Waals surface area contributed by atoms with Crippen molar-refractivity contribution >= 4 is 28.9 Å². The molecule has 2 aromatic carbocycles. The maximum absolute atomic E-state index is 5.91. The molecule has 0 radical (unpaired) electrons. The largest absolute Gasteiger partial charge is 0.492 e. The van der Waals surface area contributed by atoms with Crippen molar-refractivity contribution in [1.29, 1.82) is 0 Å². The summed E-state index contributed by atoms with van der Waals surface area (Å²) >= 11 is 11.8. The van der Waals surface area contributed by atoms with Crippen molar-refractivity contribution in [1.82, 2.24) is 0 Å². The fraction of sp³-hybridized carbons (Fsp3) is 0.143. The van der Waals surface area contributed by atoms with E-state index >= 15 is 0 Å². The number of hydrogen-bond acceptors (Lipinski definition) is 3. The molecule has 0 bridgehead atoms. The van der Waals surface area contributed by atoms with Crippen molar-refractivity contribution in [2.75, 3.05) is 12.3 Å². The highest BCUT2D eigenvalue weighted by molar-refractivity contribution is 6.34. The molecule has 0 heterocycles. The summed E-state index contributed by atoms with van der Waals surface area (Å²) in [7, 11) is 0. The molecule has 0 aromatic heterocycles. The molecule has 19 heavy (non-hydrogen) atoms. The predicted octanol–water partition coefficient (Wildman–Crippen LogP) is 4.77. The van der Waals surface area contributed by atoms with Crippen LogP contribution in [0.15, 0.2) is 36.4 Å². The number of nitrogen functional groups attached to an aromatic ring is 1. The van der Waals surface area contributed by atoms with Crippen LogP contribution in [0.3, 0.4) is 0 Å². The van der Waals surface area contributed by atoms with Crippen LogP contribution in [0.25, 0.3) is 0 Å². The zero-order valence-corrected chi connectivity index (χ0v) is 11.8. The van der Waals surface area contributed by atoms with Crippen molar-refractivity contribution in [3.8, 4) is 17.2 Å². The summed E-state index contributed by atoms with van der Waals surface area (Å²) in [6.07, 6.45) is 0. The molecule has 0 aliphatic carbocycles. The average Bonchev–Trinajstić information content (AvgIpc) is 2.32. The van der Waals surface area contributed by atoms with Crippen LogP contribution in [-0.4, -0.2) is 6.61 Å². The molecule has 0 aliphatic rings. The van der Waals surface area contributed by atoms with Gasteiger partial charge < -0.3 is 15.2 Å². The lowest BCUT2D eigenvalue weighted by atomic mass is 10.2. The molecule has 0 amide bonds. The summed E-state index contributed by atoms with van der Waals surface area (Å²) < 4.78 is 11.1. The summed E-state index contributed by atoms with van der Waals surface area (Å²) in [5, 5.41) is 1.03. The number of anilines is 1. The summed E-state index contributed by atoms with van der Waals surface area (Å²) in [6.45, 7) is 2.43. The van der Waals surface area contributed by atoms with E-state index in [1.165, 1.54) is 0 Å². The molecule has 2 rings (SSSR count). The molecule has 5 heteroatoms. The van der Waals surface area contributed by atoms with Gasteiger partial charge in [0.1, 0.15) is 17.2 Å². The molecule has 0 unspecified atom stereocenters. The number of rotatable bonds is 4. The molecule has 2 N–H and O–H groups in total. The molecular formula is C14H13Cl2NO2. The van der Waals surface area contributed by atoms with Crippen molar-refractivity contribution < 1.29 is 9.47 Å². The first-order chi connectivity index (χ1) is 9.08. The fourth-order valence-corrected chi connectivity index (χ4v) is 2.09. The summed E-state index contributed by atoms with van der Waals surface area (Å²) in [5.74, 6) is 1.76. The Labute approximate surface area is 121 Å². The quantitative estimate of drug-likeness (QED) is 0.827. The zero-order valence-electron chi connectivity index (χ0n) is 10.3. The SMILES string of the molecule is CCOc1cc(Oc2cc(Cl)cc(Cl)c2)ccc1N. The van der Waals surface area contributed by atoms with Crippen LogP contribution in [0.4, 0.5) is 5.69 Å². The summed E-state index contributed by atoms with van der Waals surface area (Å²) in [5.41, 5.74) is 6.36. The van der Waals surface area contributed by atoms with E-state index in [1.54, 1.807) is 36.4 Å². The highest BCUT2D eigenvalue weighted by Crippen LogP contribution is 2.32. The van der Waals surface area contributed by atoms with E-state index in [0.29, 0.717) is 39.6 Å². The molecule has 0 aliphatic heterocycles. The highest BCUT2D eigenvalue weighted by atomic mass is 35.5. The Hall–Kier alpha value is -1.58. The van der Waals surface area contributed by atoms with Gasteiger partial charge in [-0.3, -0.25) is 0 Å². The van der Waals surface area contributed by atoms with E-state index in [2.05, 4.69) is 0 Å². The predicted molar refractivity (Wildman–Crippen MR) is 78.6 cm³/mol. The lowest BCUT2D eigenvalue weighted by molar-refractivity contribution is 0.340. The molecule has 3 nitrogen and oxygen atoms in total. The smallest absolute Gasteiger partial charge is 0.145 e. The van der Waals surface area contributed by atoms with Crippen LogP contribution >= 0.6 is 23.2 Å². The average molecular weight is 298 g/mol. The van der Waals surface area contributed by atoms with Crippen LogP contribution in [0.2, 0.25) is 10.0 Å². The number of hydrogen-bond donors (Lipinski definition) is 1. The van der Waals surface area contributed by atoms with E-state index in [-0.39, 0.29) is 0 Å². The second-order valence-electron chi connectivity index (χ2n) is 3.84. The van der Waals surface area contributed by atoms with Gasteiger partial charge in [0.15, 0.2) is 0 Å². The maximum atomic E-state index is 5.91. The van der Waals surface area contributed by atoms with Gasteiger partial charge >= 0.3 is 0 Å². The number of nitrogens with two attached hydrogens (primary N) is 1. The van der Waals surface area contributed by atoms with Gasteiger partial charge in [-0.2, -0.15) is 0 Å². The molecular weight excluding hydrogens is 285 g/mol. The highest BCUT2D eigenvalue weighted by Gasteiger charge is 2.05. The van der Waals surface area contributed by atoms with Crippen LogP contribution in [0.5, 0.6) is 17.2 Å². The number of benzene rings is 2. The Bertz CT molecular complexity index is 567. The topological polar surface area (TPSA) is 44.5 Å². The third kappa shape index (κ3) is 3.69. The van der Waals surface area contributed by atoms with E-state index in [1.807, 2.05) is 6.92 Å². The van der Waals surface area contributed by atoms with Crippen molar-refractivity contribution in [3.05, 3.63) is 46.4 Å². The molecule has 0 atom stereocenters. The van der Waals surface area contributed by atoms with Gasteiger partial charge in [0.25, 0.3) is 0 Å². The minimum absolute atomic E-state index is 0.517. The minimum atomic E-state index is 0.517. The minimum Gasteiger partial charge on any atom is -0.492 e. The number of halogens is 2. The molecule has 0 fully saturated rings. The van der Waals surface area contributed by atoms with E-state index in [9.17, 15) is 0 Å².